The van der Waals surface area contributed by atoms with E-state index in [1.807, 2.05) is 54.1 Å². The van der Waals surface area contributed by atoms with Gasteiger partial charge in [-0.1, -0.05) is 28.9 Å². The van der Waals surface area contributed by atoms with Crippen LogP contribution in [-0.2, 0) is 6.54 Å². The number of halogens is 1. The normalized spacial score (nSPS) is 16.0. The molecule has 0 spiro atoms. The van der Waals surface area contributed by atoms with Crippen molar-refractivity contribution in [2.75, 3.05) is 26.2 Å². The van der Waals surface area contributed by atoms with Crippen LogP contribution < -0.4 is 5.32 Å². The van der Waals surface area contributed by atoms with Gasteiger partial charge in [0.05, 0.1) is 12.6 Å². The zero-order chi connectivity index (χ0) is 22.2. The summed E-state index contributed by atoms with van der Waals surface area (Å²) in [5, 5.41) is 21.0. The van der Waals surface area contributed by atoms with E-state index in [0.29, 0.717) is 23.3 Å². The minimum absolute atomic E-state index is 0.0432. The molecule has 0 amide bonds. The third-order valence-electron chi connectivity index (χ3n) is 6.18. The third-order valence-corrected chi connectivity index (χ3v) is 6.43. The Morgan fingerprint density at radius 1 is 1.19 bits per heavy atom. The minimum atomic E-state index is -0.0432. The Bertz CT molecular complexity index is 1240. The molecule has 3 heterocycles. The van der Waals surface area contributed by atoms with Gasteiger partial charge in [0.15, 0.2) is 5.88 Å². The molecule has 32 heavy (non-hydrogen) atoms. The molecule has 0 bridgehead atoms. The highest BCUT2D eigenvalue weighted by atomic mass is 35.5. The lowest BCUT2D eigenvalue weighted by Crippen LogP contribution is -2.42. The highest BCUT2D eigenvalue weighted by Crippen LogP contribution is 2.37. The van der Waals surface area contributed by atoms with Crippen molar-refractivity contribution in [3.8, 4) is 17.3 Å². The summed E-state index contributed by atoms with van der Waals surface area (Å²) in [6.07, 6.45) is 1.97. The molecule has 1 aliphatic rings. The Labute approximate surface area is 191 Å². The maximum absolute atomic E-state index is 11.0. The molecule has 2 N–H and O–H groups in total. The molecule has 2 aromatic heterocycles. The van der Waals surface area contributed by atoms with Gasteiger partial charge in [0.1, 0.15) is 0 Å². The number of aromatic hydroxyl groups is 1. The molecule has 0 aliphatic carbocycles. The first-order valence-corrected chi connectivity index (χ1v) is 11.2. The molecule has 1 aliphatic heterocycles. The molecular weight excluding hydrogens is 426 g/mol. The second kappa shape index (κ2) is 8.58. The molecule has 166 valence electrons. The average molecular weight is 452 g/mol. The molecule has 1 saturated heterocycles. The largest absolute Gasteiger partial charge is 0.494 e. The first kappa shape index (κ1) is 21.0. The lowest BCUT2D eigenvalue weighted by Gasteiger charge is -2.25. The third kappa shape index (κ3) is 3.99. The predicted molar refractivity (Wildman–Crippen MR) is 125 cm³/mol. The molecule has 1 atom stereocenters. The van der Waals surface area contributed by atoms with Gasteiger partial charge in [-0.05, 0) is 49.2 Å². The summed E-state index contributed by atoms with van der Waals surface area (Å²) in [6, 6.07) is 11.7. The number of rotatable bonds is 5. The molecule has 0 unspecified atom stereocenters. The fraction of sp³-hybridized carbons (Fsp3) is 0.333. The first-order valence-electron chi connectivity index (χ1n) is 10.9. The number of aryl methyl sites for hydroxylation is 1. The van der Waals surface area contributed by atoms with Crippen LogP contribution in [0.15, 0.2) is 47.1 Å². The predicted octanol–water partition coefficient (Wildman–Crippen LogP) is 4.37. The van der Waals surface area contributed by atoms with Gasteiger partial charge in [-0.3, -0.25) is 4.90 Å². The zero-order valence-electron chi connectivity index (χ0n) is 18.2. The van der Waals surface area contributed by atoms with Crippen molar-refractivity contribution in [2.24, 2.45) is 0 Å². The van der Waals surface area contributed by atoms with Crippen molar-refractivity contribution in [3.05, 3.63) is 64.6 Å². The summed E-state index contributed by atoms with van der Waals surface area (Å²) < 4.78 is 7.41. The van der Waals surface area contributed by atoms with Gasteiger partial charge in [0.25, 0.3) is 0 Å². The Balaban J connectivity index is 1.45. The fourth-order valence-electron chi connectivity index (χ4n) is 4.38. The smallest absolute Gasteiger partial charge is 0.241 e. The highest BCUT2D eigenvalue weighted by Gasteiger charge is 2.20. The van der Waals surface area contributed by atoms with Gasteiger partial charge in [-0.2, -0.15) is 4.98 Å². The van der Waals surface area contributed by atoms with Gasteiger partial charge in [0, 0.05) is 53.7 Å². The number of nitrogens with zero attached hydrogens (tertiary/aromatic N) is 4. The number of hydrogen-bond donors (Lipinski definition) is 2. The molecular formula is C24H26ClN5O2. The SMILES string of the molecule is Cc1cc(-c2noc(CN3CCNCC3)n2)cc2cn([C@@H](C)c3ccc(Cl)cc3)c(O)c12. The quantitative estimate of drug-likeness (QED) is 0.469. The van der Waals surface area contributed by atoms with E-state index < -0.39 is 0 Å². The summed E-state index contributed by atoms with van der Waals surface area (Å²) in [7, 11) is 0. The van der Waals surface area contributed by atoms with Crippen molar-refractivity contribution in [2.45, 2.75) is 26.4 Å². The topological polar surface area (TPSA) is 79.4 Å². The lowest BCUT2D eigenvalue weighted by molar-refractivity contribution is 0.203. The van der Waals surface area contributed by atoms with E-state index in [4.69, 9.17) is 16.1 Å². The summed E-state index contributed by atoms with van der Waals surface area (Å²) >= 11 is 6.03. The summed E-state index contributed by atoms with van der Waals surface area (Å²) in [4.78, 5) is 6.93. The van der Waals surface area contributed by atoms with Gasteiger partial charge in [0.2, 0.25) is 11.7 Å². The van der Waals surface area contributed by atoms with Gasteiger partial charge < -0.3 is 19.5 Å². The van der Waals surface area contributed by atoms with Crippen molar-refractivity contribution < 1.29 is 9.63 Å². The van der Waals surface area contributed by atoms with E-state index in [9.17, 15) is 5.11 Å². The summed E-state index contributed by atoms with van der Waals surface area (Å²) in [5.74, 6) is 1.44. The van der Waals surface area contributed by atoms with E-state index in [-0.39, 0.29) is 11.9 Å². The summed E-state index contributed by atoms with van der Waals surface area (Å²) in [5.41, 5.74) is 2.91. The maximum Gasteiger partial charge on any atom is 0.241 e. The van der Waals surface area contributed by atoms with Gasteiger partial charge in [-0.25, -0.2) is 0 Å². The Morgan fingerprint density at radius 3 is 2.69 bits per heavy atom. The number of benzene rings is 2. The average Bonchev–Trinajstić information content (AvgIpc) is 3.39. The van der Waals surface area contributed by atoms with E-state index in [2.05, 4.69) is 27.3 Å². The molecule has 0 saturated carbocycles. The van der Waals surface area contributed by atoms with E-state index in [1.165, 1.54) is 0 Å². The Morgan fingerprint density at radius 2 is 1.94 bits per heavy atom. The lowest BCUT2D eigenvalue weighted by atomic mass is 10.1. The first-order chi connectivity index (χ1) is 15.5. The van der Waals surface area contributed by atoms with Crippen LogP contribution in [0.5, 0.6) is 5.88 Å². The molecule has 5 rings (SSSR count). The standard InChI is InChI=1S/C24H26ClN5O2/c1-15-11-18(23-27-21(32-28-23)14-29-9-7-26-8-10-29)12-19-13-30(24(31)22(15)19)16(2)17-3-5-20(25)6-4-17/h3-6,11-13,16,26,31H,7-10,14H2,1-2H3/t16-/m0/s1. The Kier molecular flexibility index (Phi) is 5.63. The molecule has 2 aromatic carbocycles. The zero-order valence-corrected chi connectivity index (χ0v) is 18.9. The Hall–Kier alpha value is -2.87. The maximum atomic E-state index is 11.0. The van der Waals surface area contributed by atoms with Crippen LogP contribution in [0.3, 0.4) is 0 Å². The van der Waals surface area contributed by atoms with Gasteiger partial charge in [-0.15, -0.1) is 0 Å². The van der Waals surface area contributed by atoms with Crippen LogP contribution in [0, 0.1) is 6.92 Å². The monoisotopic (exact) mass is 451 g/mol. The molecule has 0 radical (unpaired) electrons. The molecule has 1 fully saturated rings. The number of aromatic nitrogens is 3. The van der Waals surface area contributed by atoms with E-state index in [1.54, 1.807) is 0 Å². The van der Waals surface area contributed by atoms with Crippen LogP contribution in [-0.4, -0.2) is 50.9 Å². The van der Waals surface area contributed by atoms with Crippen LogP contribution in [0.4, 0.5) is 0 Å². The number of nitrogens with one attached hydrogen (secondary N) is 1. The van der Waals surface area contributed by atoms with Crippen LogP contribution in [0.2, 0.25) is 5.02 Å². The second-order valence-electron chi connectivity index (χ2n) is 8.38. The summed E-state index contributed by atoms with van der Waals surface area (Å²) in [6.45, 7) is 8.61. The molecule has 4 aromatic rings. The highest BCUT2D eigenvalue weighted by molar-refractivity contribution is 6.30. The molecule has 7 nitrogen and oxygen atoms in total. The molecule has 8 heteroatoms. The van der Waals surface area contributed by atoms with Crippen LogP contribution >= 0.6 is 11.6 Å². The van der Waals surface area contributed by atoms with E-state index >= 15 is 0 Å². The van der Waals surface area contributed by atoms with Crippen molar-refractivity contribution in [3.63, 3.8) is 0 Å². The fourth-order valence-corrected chi connectivity index (χ4v) is 4.51. The number of hydrogen-bond acceptors (Lipinski definition) is 6. The number of fused-ring (bicyclic) bond motifs is 1. The van der Waals surface area contributed by atoms with Gasteiger partial charge >= 0.3 is 0 Å². The van der Waals surface area contributed by atoms with Crippen molar-refractivity contribution in [1.29, 1.82) is 0 Å². The minimum Gasteiger partial charge on any atom is -0.494 e. The van der Waals surface area contributed by atoms with Crippen molar-refractivity contribution >= 4 is 22.4 Å². The second-order valence-corrected chi connectivity index (χ2v) is 8.82. The number of piperazine rings is 1. The van der Waals surface area contributed by atoms with E-state index in [0.717, 1.165) is 53.6 Å². The van der Waals surface area contributed by atoms with Crippen molar-refractivity contribution in [1.82, 2.24) is 24.9 Å². The van der Waals surface area contributed by atoms with Crippen LogP contribution in [0.1, 0.15) is 30.0 Å². The van der Waals surface area contributed by atoms with Crippen LogP contribution in [0.25, 0.3) is 22.2 Å².